The molecule has 0 aromatic heterocycles. The van der Waals surface area contributed by atoms with Crippen LogP contribution in [0.4, 0.5) is 0 Å². The molecular weight excluding hydrogens is 144 g/mol. The molecule has 4 heteroatoms. The first-order valence-corrected chi connectivity index (χ1v) is 3.55. The zero-order chi connectivity index (χ0) is 8.43. The van der Waals surface area contributed by atoms with Crippen molar-refractivity contribution in [2.75, 3.05) is 6.54 Å². The molecule has 0 spiro atoms. The van der Waals surface area contributed by atoms with E-state index in [1.165, 1.54) is 11.1 Å². The molecule has 2 amide bonds. The summed E-state index contributed by atoms with van der Waals surface area (Å²) in [4.78, 5) is 27.0. The summed E-state index contributed by atoms with van der Waals surface area (Å²) in [6.45, 7) is 3.86. The van der Waals surface area contributed by atoms with Crippen molar-refractivity contribution in [2.24, 2.45) is 4.99 Å². The van der Waals surface area contributed by atoms with E-state index in [1.54, 1.807) is 13.8 Å². The second-order valence-electron chi connectivity index (χ2n) is 2.37. The molecule has 1 unspecified atom stereocenters. The van der Waals surface area contributed by atoms with Gasteiger partial charge in [-0.05, 0) is 13.8 Å². The minimum Gasteiger partial charge on any atom is -0.276 e. The molecule has 0 fully saturated rings. The van der Waals surface area contributed by atoms with Gasteiger partial charge in [0.1, 0.15) is 6.04 Å². The molecule has 1 aliphatic rings. The summed E-state index contributed by atoms with van der Waals surface area (Å²) in [5.74, 6) is -0.518. The zero-order valence-electron chi connectivity index (χ0n) is 6.57. The smallest absolute Gasteiger partial charge is 0.271 e. The molecule has 0 aromatic carbocycles. The van der Waals surface area contributed by atoms with Gasteiger partial charge < -0.3 is 0 Å². The third-order valence-corrected chi connectivity index (χ3v) is 1.61. The number of aliphatic imine (C=N–C) groups is 1. The molecule has 4 nitrogen and oxygen atoms in total. The Morgan fingerprint density at radius 1 is 1.64 bits per heavy atom. The highest BCUT2D eigenvalue weighted by atomic mass is 16.2. The van der Waals surface area contributed by atoms with Crippen LogP contribution in [-0.4, -0.2) is 35.5 Å². The number of nitrogens with zero attached hydrogens (tertiary/aromatic N) is 2. The van der Waals surface area contributed by atoms with E-state index in [1.807, 2.05) is 0 Å². The van der Waals surface area contributed by atoms with E-state index in [0.717, 1.165) is 0 Å². The summed E-state index contributed by atoms with van der Waals surface area (Å²) in [5.41, 5.74) is 0. The van der Waals surface area contributed by atoms with Crippen LogP contribution < -0.4 is 0 Å². The van der Waals surface area contributed by atoms with Crippen molar-refractivity contribution in [2.45, 2.75) is 19.9 Å². The summed E-state index contributed by atoms with van der Waals surface area (Å²) in [7, 11) is 0. The lowest BCUT2D eigenvalue weighted by atomic mass is 10.2. The average molecular weight is 154 g/mol. The first-order valence-electron chi connectivity index (χ1n) is 3.55. The van der Waals surface area contributed by atoms with Gasteiger partial charge in [-0.2, -0.15) is 0 Å². The molecule has 0 aliphatic carbocycles. The molecular formula is C7H10N2O2. The topological polar surface area (TPSA) is 49.7 Å². The van der Waals surface area contributed by atoms with E-state index < -0.39 is 6.04 Å². The summed E-state index contributed by atoms with van der Waals surface area (Å²) >= 11 is 0. The maximum absolute atomic E-state index is 11.2. The van der Waals surface area contributed by atoms with Gasteiger partial charge >= 0.3 is 0 Å². The van der Waals surface area contributed by atoms with Crippen molar-refractivity contribution < 1.29 is 9.59 Å². The van der Waals surface area contributed by atoms with Crippen LogP contribution >= 0.6 is 0 Å². The molecule has 1 atom stereocenters. The highest BCUT2D eigenvalue weighted by Gasteiger charge is 2.26. The van der Waals surface area contributed by atoms with Crippen LogP contribution in [0.15, 0.2) is 4.99 Å². The third kappa shape index (κ3) is 1.29. The molecule has 1 heterocycles. The van der Waals surface area contributed by atoms with Crippen LogP contribution in [0.5, 0.6) is 0 Å². The Bertz CT molecular complexity index is 222. The summed E-state index contributed by atoms with van der Waals surface area (Å²) in [6, 6.07) is -0.396. The van der Waals surface area contributed by atoms with E-state index >= 15 is 0 Å². The Balaban J connectivity index is 2.87. The molecule has 0 radical (unpaired) electrons. The summed E-state index contributed by atoms with van der Waals surface area (Å²) in [5, 5.41) is 0. The van der Waals surface area contributed by atoms with Crippen LogP contribution in [0.2, 0.25) is 0 Å². The third-order valence-electron chi connectivity index (χ3n) is 1.61. The number of amides is 2. The van der Waals surface area contributed by atoms with Crippen molar-refractivity contribution in [1.82, 2.24) is 4.90 Å². The molecule has 11 heavy (non-hydrogen) atoms. The fourth-order valence-electron chi connectivity index (χ4n) is 0.955. The first-order chi connectivity index (χ1) is 5.16. The number of imide groups is 1. The monoisotopic (exact) mass is 154 g/mol. The predicted octanol–water partition coefficient (Wildman–Crippen LogP) is -0.166. The maximum atomic E-state index is 11.2. The Labute approximate surface area is 64.9 Å². The first kappa shape index (κ1) is 7.91. The highest BCUT2D eigenvalue weighted by molar-refractivity contribution is 6.32. The van der Waals surface area contributed by atoms with Crippen LogP contribution in [-0.2, 0) is 9.59 Å². The van der Waals surface area contributed by atoms with Gasteiger partial charge in [-0.25, -0.2) is 0 Å². The number of hydrogen-bond donors (Lipinski definition) is 0. The van der Waals surface area contributed by atoms with Crippen LogP contribution in [0, 0.1) is 0 Å². The van der Waals surface area contributed by atoms with Crippen molar-refractivity contribution in [3.63, 3.8) is 0 Å². The summed E-state index contributed by atoms with van der Waals surface area (Å²) in [6.07, 6.45) is 1.20. The van der Waals surface area contributed by atoms with E-state index in [-0.39, 0.29) is 11.8 Å². The van der Waals surface area contributed by atoms with Gasteiger partial charge in [-0.3, -0.25) is 19.5 Å². The summed E-state index contributed by atoms with van der Waals surface area (Å²) < 4.78 is 0. The van der Waals surface area contributed by atoms with Gasteiger partial charge in [-0.1, -0.05) is 0 Å². The van der Waals surface area contributed by atoms with Gasteiger partial charge in [0, 0.05) is 6.54 Å². The van der Waals surface area contributed by atoms with Crippen molar-refractivity contribution in [3.05, 3.63) is 0 Å². The highest BCUT2D eigenvalue weighted by Crippen LogP contribution is 2.03. The van der Waals surface area contributed by atoms with Gasteiger partial charge in [0.15, 0.2) is 0 Å². The SMILES string of the molecule is CCN1C(=O)C=NC(C)C1=O. The Morgan fingerprint density at radius 2 is 2.27 bits per heavy atom. The molecule has 0 N–H and O–H groups in total. The minimum atomic E-state index is -0.396. The van der Waals surface area contributed by atoms with Gasteiger partial charge in [0.25, 0.3) is 11.8 Å². The standard InChI is InChI=1S/C7H10N2O2/c1-3-9-6(10)4-8-5(2)7(9)11/h4-5H,3H2,1-2H3. The lowest BCUT2D eigenvalue weighted by Gasteiger charge is -2.22. The molecule has 0 saturated carbocycles. The number of rotatable bonds is 1. The van der Waals surface area contributed by atoms with Crippen LogP contribution in [0.25, 0.3) is 0 Å². The van der Waals surface area contributed by atoms with Crippen LogP contribution in [0.3, 0.4) is 0 Å². The number of carbonyl (C=O) groups is 2. The molecule has 0 saturated heterocycles. The minimum absolute atomic E-state index is 0.208. The number of likely N-dealkylation sites (N-methyl/N-ethyl adjacent to an activating group) is 1. The second-order valence-corrected chi connectivity index (χ2v) is 2.37. The van der Waals surface area contributed by atoms with Gasteiger partial charge in [-0.15, -0.1) is 0 Å². The lowest BCUT2D eigenvalue weighted by molar-refractivity contribution is -0.142. The second kappa shape index (κ2) is 2.82. The maximum Gasteiger partial charge on any atom is 0.271 e. The van der Waals surface area contributed by atoms with E-state index in [9.17, 15) is 9.59 Å². The molecule has 1 aliphatic heterocycles. The fraction of sp³-hybridized carbons (Fsp3) is 0.571. The van der Waals surface area contributed by atoms with E-state index in [2.05, 4.69) is 4.99 Å². The molecule has 0 bridgehead atoms. The lowest BCUT2D eigenvalue weighted by Crippen LogP contribution is -2.45. The van der Waals surface area contributed by atoms with Gasteiger partial charge in [0.05, 0.1) is 6.21 Å². The normalized spacial score (nSPS) is 24.5. The van der Waals surface area contributed by atoms with E-state index in [0.29, 0.717) is 6.54 Å². The van der Waals surface area contributed by atoms with Crippen molar-refractivity contribution in [1.29, 1.82) is 0 Å². The average Bonchev–Trinajstić information content (AvgIpc) is 1.99. The molecule has 0 aromatic rings. The van der Waals surface area contributed by atoms with Crippen LogP contribution in [0.1, 0.15) is 13.8 Å². The molecule has 60 valence electrons. The quantitative estimate of drug-likeness (QED) is 0.492. The molecule has 1 rings (SSSR count). The Morgan fingerprint density at radius 3 is 2.73 bits per heavy atom. The van der Waals surface area contributed by atoms with Crippen molar-refractivity contribution in [3.8, 4) is 0 Å². The number of hydrogen-bond acceptors (Lipinski definition) is 3. The van der Waals surface area contributed by atoms with Gasteiger partial charge in [0.2, 0.25) is 0 Å². The zero-order valence-corrected chi connectivity index (χ0v) is 6.57. The Kier molecular flexibility index (Phi) is 2.03. The van der Waals surface area contributed by atoms with Crippen molar-refractivity contribution >= 4 is 18.0 Å². The predicted molar refractivity (Wildman–Crippen MR) is 40.3 cm³/mol. The largest absolute Gasteiger partial charge is 0.276 e. The Hall–Kier alpha value is -1.19. The fourth-order valence-corrected chi connectivity index (χ4v) is 0.955. The van der Waals surface area contributed by atoms with E-state index in [4.69, 9.17) is 0 Å². The number of carbonyl (C=O) groups excluding carboxylic acids is 2.